The van der Waals surface area contributed by atoms with E-state index in [1.165, 1.54) is 63.8 Å². The quantitative estimate of drug-likeness (QED) is 0.485. The van der Waals surface area contributed by atoms with Crippen LogP contribution in [0.4, 0.5) is 5.69 Å². The summed E-state index contributed by atoms with van der Waals surface area (Å²) in [7, 11) is 0. The molecule has 0 bridgehead atoms. The molecule has 3 fully saturated rings. The van der Waals surface area contributed by atoms with E-state index in [0.29, 0.717) is 5.92 Å². The number of aromatic nitrogens is 2. The van der Waals surface area contributed by atoms with Crippen LogP contribution < -0.4 is 4.90 Å². The summed E-state index contributed by atoms with van der Waals surface area (Å²) in [4.78, 5) is 16.2. The maximum atomic E-state index is 11.0. The molecule has 1 aromatic carbocycles. The monoisotopic (exact) mass is 466 g/mol. The fourth-order valence-corrected chi connectivity index (χ4v) is 6.92. The molecule has 2 aliphatic carbocycles. The number of benzene rings is 1. The van der Waals surface area contributed by atoms with E-state index in [0.717, 1.165) is 66.6 Å². The average molecular weight is 467 g/mol. The lowest BCUT2D eigenvalue weighted by Gasteiger charge is -2.37. The Morgan fingerprint density at radius 3 is 2.30 bits per heavy atom. The number of piperazine rings is 1. The highest BCUT2D eigenvalue weighted by molar-refractivity contribution is 7.14. The van der Waals surface area contributed by atoms with Crippen molar-refractivity contribution in [1.29, 1.82) is 0 Å². The molecule has 0 spiro atoms. The first-order chi connectivity index (χ1) is 16.3. The lowest BCUT2D eigenvalue weighted by molar-refractivity contribution is -0.111. The third-order valence-electron chi connectivity index (χ3n) is 8.18. The van der Waals surface area contributed by atoms with E-state index in [9.17, 15) is 4.79 Å². The molecule has 5 nitrogen and oxygen atoms in total. The molecule has 2 heterocycles. The van der Waals surface area contributed by atoms with Crippen LogP contribution in [0, 0.1) is 11.8 Å². The van der Waals surface area contributed by atoms with Gasteiger partial charge in [-0.05, 0) is 68.8 Å². The van der Waals surface area contributed by atoms with Gasteiger partial charge in [0.15, 0.2) is 0 Å². The maximum absolute atomic E-state index is 11.0. The molecule has 3 aliphatic rings. The lowest BCUT2D eigenvalue weighted by Crippen LogP contribution is -2.46. The highest BCUT2D eigenvalue weighted by Gasteiger charge is 2.25. The molecule has 5 rings (SSSR count). The van der Waals surface area contributed by atoms with Gasteiger partial charge in [0.25, 0.3) is 0 Å². The molecule has 0 unspecified atom stereocenters. The number of carbonyl (C=O) groups excluding carboxylic acids is 1. The van der Waals surface area contributed by atoms with Gasteiger partial charge in [-0.25, -0.2) is 0 Å². The van der Waals surface area contributed by atoms with Crippen molar-refractivity contribution in [2.45, 2.75) is 70.1 Å². The first-order valence-corrected chi connectivity index (χ1v) is 14.0. The smallest absolute Gasteiger partial charge is 0.147 e. The Morgan fingerprint density at radius 2 is 1.61 bits per heavy atom. The summed E-state index contributed by atoms with van der Waals surface area (Å²) in [5.74, 6) is 1.71. The van der Waals surface area contributed by atoms with Gasteiger partial charge in [0.2, 0.25) is 0 Å². The third kappa shape index (κ3) is 5.83. The summed E-state index contributed by atoms with van der Waals surface area (Å²) in [5.41, 5.74) is 2.48. The number of rotatable bonds is 7. The molecule has 0 amide bonds. The minimum Gasteiger partial charge on any atom is -0.369 e. The Bertz CT molecular complexity index is 876. The van der Waals surface area contributed by atoms with Crippen LogP contribution in [0.1, 0.15) is 75.1 Å². The van der Waals surface area contributed by atoms with Gasteiger partial charge in [0, 0.05) is 49.3 Å². The van der Waals surface area contributed by atoms with E-state index >= 15 is 0 Å². The molecule has 1 aliphatic heterocycles. The lowest BCUT2D eigenvalue weighted by atomic mass is 9.83. The Balaban J connectivity index is 1.11. The second-order valence-corrected chi connectivity index (χ2v) is 11.4. The zero-order valence-corrected chi connectivity index (χ0v) is 20.6. The molecular weight excluding hydrogens is 428 g/mol. The molecule has 6 heteroatoms. The van der Waals surface area contributed by atoms with Gasteiger partial charge < -0.3 is 9.69 Å². The van der Waals surface area contributed by atoms with E-state index in [2.05, 4.69) is 44.3 Å². The Morgan fingerprint density at radius 1 is 0.879 bits per heavy atom. The van der Waals surface area contributed by atoms with Crippen molar-refractivity contribution < 1.29 is 4.79 Å². The van der Waals surface area contributed by atoms with Crippen molar-refractivity contribution >= 4 is 23.3 Å². The third-order valence-corrected chi connectivity index (χ3v) is 9.32. The average Bonchev–Trinajstić information content (AvgIpc) is 3.39. The van der Waals surface area contributed by atoms with Crippen LogP contribution in [0.5, 0.6) is 0 Å². The second kappa shape index (κ2) is 11.1. The molecule has 2 saturated carbocycles. The van der Waals surface area contributed by atoms with Crippen LogP contribution in [0.3, 0.4) is 0 Å². The SMILES string of the molecule is O=C[C@H]1CC[C@H](c2nnc(-c3ccc(N4CCN(CCC5CCCCC5)CC4)cc3)s2)CC1. The molecule has 33 heavy (non-hydrogen) atoms. The van der Waals surface area contributed by atoms with Crippen LogP contribution in [0.15, 0.2) is 24.3 Å². The Labute approximate surface area is 202 Å². The fraction of sp³-hybridized carbons (Fsp3) is 0.667. The molecule has 0 N–H and O–H groups in total. The van der Waals surface area contributed by atoms with Gasteiger partial charge in [-0.3, -0.25) is 4.90 Å². The van der Waals surface area contributed by atoms with Crippen LogP contribution in [-0.4, -0.2) is 54.1 Å². The zero-order valence-electron chi connectivity index (χ0n) is 19.8. The molecule has 0 atom stereocenters. The highest BCUT2D eigenvalue weighted by atomic mass is 32.1. The topological polar surface area (TPSA) is 49.3 Å². The molecule has 1 aromatic heterocycles. The standard InChI is InChI=1S/C27H38N4OS/c32-20-22-6-8-23(9-7-22)26-28-29-27(33-26)24-10-12-25(13-11-24)31-18-16-30(17-19-31)15-14-21-4-2-1-3-5-21/h10-13,20-23H,1-9,14-19H2/t22-,23-. The zero-order chi connectivity index (χ0) is 22.5. The summed E-state index contributed by atoms with van der Waals surface area (Å²) < 4.78 is 0. The predicted molar refractivity (Wildman–Crippen MR) is 136 cm³/mol. The van der Waals surface area contributed by atoms with Crippen molar-refractivity contribution in [3.8, 4) is 10.6 Å². The summed E-state index contributed by atoms with van der Waals surface area (Å²) in [5, 5.41) is 11.2. The molecule has 2 aromatic rings. The minimum atomic E-state index is 0.250. The van der Waals surface area contributed by atoms with Crippen molar-refractivity contribution in [1.82, 2.24) is 15.1 Å². The summed E-state index contributed by atoms with van der Waals surface area (Å²) >= 11 is 1.73. The number of aldehydes is 1. The van der Waals surface area contributed by atoms with Crippen molar-refractivity contribution in [3.63, 3.8) is 0 Å². The highest BCUT2D eigenvalue weighted by Crippen LogP contribution is 2.38. The molecule has 1 saturated heterocycles. The molecular formula is C27H38N4OS. The summed E-state index contributed by atoms with van der Waals surface area (Å²) in [6.07, 6.45) is 13.9. The summed E-state index contributed by atoms with van der Waals surface area (Å²) in [6.45, 7) is 5.89. The van der Waals surface area contributed by atoms with Crippen LogP contribution in [-0.2, 0) is 4.79 Å². The van der Waals surface area contributed by atoms with Crippen molar-refractivity contribution in [2.75, 3.05) is 37.6 Å². The van der Waals surface area contributed by atoms with Crippen molar-refractivity contribution in [3.05, 3.63) is 29.3 Å². The van der Waals surface area contributed by atoms with Crippen LogP contribution >= 0.6 is 11.3 Å². The van der Waals surface area contributed by atoms with E-state index in [-0.39, 0.29) is 5.92 Å². The van der Waals surface area contributed by atoms with E-state index in [1.54, 1.807) is 11.3 Å². The maximum Gasteiger partial charge on any atom is 0.147 e. The van der Waals surface area contributed by atoms with E-state index < -0.39 is 0 Å². The van der Waals surface area contributed by atoms with E-state index in [4.69, 9.17) is 0 Å². The second-order valence-electron chi connectivity index (χ2n) is 10.4. The first-order valence-electron chi connectivity index (χ1n) is 13.1. The predicted octanol–water partition coefficient (Wildman–Crippen LogP) is 5.77. The normalized spacial score (nSPS) is 25.3. The Kier molecular flexibility index (Phi) is 7.72. The number of hydrogen-bond donors (Lipinski definition) is 0. The summed E-state index contributed by atoms with van der Waals surface area (Å²) in [6, 6.07) is 8.92. The molecule has 0 radical (unpaired) electrons. The van der Waals surface area contributed by atoms with E-state index in [1.807, 2.05) is 0 Å². The van der Waals surface area contributed by atoms with Gasteiger partial charge in [0.1, 0.15) is 16.3 Å². The fourth-order valence-electron chi connectivity index (χ4n) is 5.90. The van der Waals surface area contributed by atoms with Crippen LogP contribution in [0.2, 0.25) is 0 Å². The number of carbonyl (C=O) groups is 1. The molecule has 178 valence electrons. The van der Waals surface area contributed by atoms with Crippen LogP contribution in [0.25, 0.3) is 10.6 Å². The largest absolute Gasteiger partial charge is 0.369 e. The van der Waals surface area contributed by atoms with Gasteiger partial charge in [0.05, 0.1) is 0 Å². The number of hydrogen-bond acceptors (Lipinski definition) is 6. The number of nitrogens with zero attached hydrogens (tertiary/aromatic N) is 4. The van der Waals surface area contributed by atoms with Gasteiger partial charge in [-0.1, -0.05) is 43.4 Å². The minimum absolute atomic E-state index is 0.250. The van der Waals surface area contributed by atoms with Crippen molar-refractivity contribution in [2.24, 2.45) is 11.8 Å². The van der Waals surface area contributed by atoms with Gasteiger partial charge in [-0.2, -0.15) is 0 Å². The first kappa shape index (κ1) is 23.0. The number of anilines is 1. The Hall–Kier alpha value is -1.79. The van der Waals surface area contributed by atoms with Gasteiger partial charge >= 0.3 is 0 Å². The van der Waals surface area contributed by atoms with Gasteiger partial charge in [-0.15, -0.1) is 10.2 Å².